The zero-order chi connectivity index (χ0) is 4.28. The Bertz CT molecular complexity index is 65.7. The van der Waals surface area contributed by atoms with Gasteiger partial charge in [0.15, 0.2) is 9.74 Å². The van der Waals surface area contributed by atoms with Crippen molar-refractivity contribution in [3.05, 3.63) is 0 Å². The van der Waals surface area contributed by atoms with Gasteiger partial charge in [-0.25, -0.2) is 8.42 Å². The standard InChI is InChI=1S/CH4O2S2/c1-4-5(2)3/h5H,1H3. The molecule has 0 radical (unpaired) electrons. The van der Waals surface area contributed by atoms with Crippen molar-refractivity contribution in [2.24, 2.45) is 0 Å². The summed E-state index contributed by atoms with van der Waals surface area (Å²) >= 11 is 0. The summed E-state index contributed by atoms with van der Waals surface area (Å²) in [5.74, 6) is 0. The van der Waals surface area contributed by atoms with E-state index < -0.39 is 9.74 Å². The van der Waals surface area contributed by atoms with E-state index in [1.807, 2.05) is 0 Å². The van der Waals surface area contributed by atoms with Crippen molar-refractivity contribution in [1.82, 2.24) is 0 Å². The highest BCUT2D eigenvalue weighted by molar-refractivity contribution is 8.64. The van der Waals surface area contributed by atoms with Gasteiger partial charge in [-0.2, -0.15) is 0 Å². The molecule has 32 valence electrons. The molecule has 0 rings (SSSR count). The van der Waals surface area contributed by atoms with E-state index in [9.17, 15) is 8.42 Å². The zero-order valence-electron chi connectivity index (χ0n) is 2.67. The first kappa shape index (κ1) is 5.30. The highest BCUT2D eigenvalue weighted by atomic mass is 33.1. The van der Waals surface area contributed by atoms with Crippen LogP contribution in [-0.2, 0) is 9.74 Å². The second kappa shape index (κ2) is 2.53. The van der Waals surface area contributed by atoms with Gasteiger partial charge in [0.1, 0.15) is 0 Å². The van der Waals surface area contributed by atoms with Crippen molar-refractivity contribution in [1.29, 1.82) is 0 Å². The predicted molar refractivity (Wildman–Crippen MR) is 23.8 cm³/mol. The third kappa shape index (κ3) is 4.30. The molecule has 0 fully saturated rings. The smallest absolute Gasteiger partial charge is 0.191 e. The maximum atomic E-state index is 9.37. The summed E-state index contributed by atoms with van der Waals surface area (Å²) in [4.78, 5) is 0. The number of hydrogen-bond acceptors (Lipinski definition) is 3. The number of thiol groups is 1. The van der Waals surface area contributed by atoms with E-state index in [0.717, 1.165) is 10.8 Å². The molecule has 5 heavy (non-hydrogen) atoms. The predicted octanol–water partition coefficient (Wildman–Crippen LogP) is -0.124. The van der Waals surface area contributed by atoms with Crippen LogP contribution in [0.3, 0.4) is 0 Å². The summed E-state index contributed by atoms with van der Waals surface area (Å²) in [6.07, 6.45) is 1.52. The third-order valence-electron chi connectivity index (χ3n) is 0.149. The van der Waals surface area contributed by atoms with Crippen LogP contribution < -0.4 is 0 Å². The van der Waals surface area contributed by atoms with Gasteiger partial charge in [-0.3, -0.25) is 0 Å². The summed E-state index contributed by atoms with van der Waals surface area (Å²) < 4.78 is 18.7. The van der Waals surface area contributed by atoms with Crippen molar-refractivity contribution >= 4 is 20.5 Å². The Balaban J connectivity index is 3.23. The molecular formula is CH4O2S2. The molecule has 0 amide bonds. The average Bonchev–Trinajstić information content (AvgIpc) is 1.38. The van der Waals surface area contributed by atoms with Crippen molar-refractivity contribution in [3.8, 4) is 0 Å². The van der Waals surface area contributed by atoms with E-state index in [4.69, 9.17) is 0 Å². The molecule has 0 saturated carbocycles. The number of hydrogen-bond donors (Lipinski definition) is 1. The van der Waals surface area contributed by atoms with Gasteiger partial charge in [-0.1, -0.05) is 0 Å². The molecule has 0 aliphatic rings. The Labute approximate surface area is 35.9 Å². The summed E-state index contributed by atoms with van der Waals surface area (Å²) in [5.41, 5.74) is 0. The fourth-order valence-corrected chi connectivity index (χ4v) is 0. The highest BCUT2D eigenvalue weighted by Crippen LogP contribution is 1.85. The van der Waals surface area contributed by atoms with Gasteiger partial charge in [0.2, 0.25) is 0 Å². The zero-order valence-corrected chi connectivity index (χ0v) is 4.38. The largest absolute Gasteiger partial charge is 0.221 e. The molecule has 0 saturated heterocycles. The maximum Gasteiger partial charge on any atom is 0.191 e. The Hall–Kier alpha value is 0.300. The minimum atomic E-state index is -2.18. The molecule has 0 atom stereocenters. The first-order chi connectivity index (χ1) is 2.27. The molecule has 0 heterocycles. The van der Waals surface area contributed by atoms with Crippen LogP contribution in [0.4, 0.5) is 0 Å². The second-order valence-corrected chi connectivity index (χ2v) is 3.21. The lowest BCUT2D eigenvalue weighted by molar-refractivity contribution is 0.627. The molecule has 0 aliphatic heterocycles. The topological polar surface area (TPSA) is 34.1 Å². The van der Waals surface area contributed by atoms with E-state index in [1.165, 1.54) is 6.26 Å². The Morgan fingerprint density at radius 3 is 1.80 bits per heavy atom. The van der Waals surface area contributed by atoms with Gasteiger partial charge in [-0.05, 0) is 17.0 Å². The van der Waals surface area contributed by atoms with Crippen LogP contribution in [-0.4, -0.2) is 14.7 Å². The lowest BCUT2D eigenvalue weighted by Crippen LogP contribution is -1.53. The molecule has 0 aromatic carbocycles. The van der Waals surface area contributed by atoms with Gasteiger partial charge < -0.3 is 0 Å². The van der Waals surface area contributed by atoms with Crippen LogP contribution in [0.25, 0.3) is 0 Å². The van der Waals surface area contributed by atoms with Crippen LogP contribution >= 0.6 is 10.8 Å². The van der Waals surface area contributed by atoms with Crippen LogP contribution in [0.5, 0.6) is 0 Å². The Morgan fingerprint density at radius 1 is 1.60 bits per heavy atom. The molecular weight excluding hydrogens is 108 g/mol. The van der Waals surface area contributed by atoms with Crippen molar-refractivity contribution in [2.45, 2.75) is 0 Å². The first-order valence-corrected chi connectivity index (χ1v) is 3.96. The maximum absolute atomic E-state index is 9.37. The summed E-state index contributed by atoms with van der Waals surface area (Å²) in [6.45, 7) is 0. The highest BCUT2D eigenvalue weighted by Gasteiger charge is 1.65. The van der Waals surface area contributed by atoms with E-state index >= 15 is 0 Å². The lowest BCUT2D eigenvalue weighted by atomic mass is 12.0. The Morgan fingerprint density at radius 2 is 1.80 bits per heavy atom. The fraction of sp³-hybridized carbons (Fsp3) is 1.00. The molecule has 4 heteroatoms. The van der Waals surface area contributed by atoms with E-state index in [-0.39, 0.29) is 0 Å². The summed E-state index contributed by atoms with van der Waals surface area (Å²) in [5, 5.41) is 0. The van der Waals surface area contributed by atoms with Gasteiger partial charge in [0.05, 0.1) is 0 Å². The molecule has 0 N–H and O–H groups in total. The molecule has 0 spiro atoms. The third-order valence-corrected chi connectivity index (χ3v) is 1.34. The second-order valence-electron chi connectivity index (χ2n) is 0.406. The van der Waals surface area contributed by atoms with Gasteiger partial charge in [-0.15, -0.1) is 0 Å². The van der Waals surface area contributed by atoms with Gasteiger partial charge >= 0.3 is 0 Å². The molecule has 0 aromatic heterocycles. The summed E-state index contributed by atoms with van der Waals surface area (Å²) in [7, 11) is -1.35. The average molecular weight is 112 g/mol. The van der Waals surface area contributed by atoms with Crippen molar-refractivity contribution in [2.75, 3.05) is 6.26 Å². The van der Waals surface area contributed by atoms with E-state index in [2.05, 4.69) is 0 Å². The molecule has 2 nitrogen and oxygen atoms in total. The molecule has 0 bridgehead atoms. The normalized spacial score (nSPS) is 9.20. The van der Waals surface area contributed by atoms with E-state index in [1.54, 1.807) is 0 Å². The number of rotatable bonds is 1. The quantitative estimate of drug-likeness (QED) is 0.379. The Kier molecular flexibility index (Phi) is 2.68. The lowest BCUT2D eigenvalue weighted by Gasteiger charge is -1.60. The minimum absolute atomic E-state index is 0.833. The van der Waals surface area contributed by atoms with Gasteiger partial charge in [0.25, 0.3) is 0 Å². The van der Waals surface area contributed by atoms with Crippen molar-refractivity contribution in [3.63, 3.8) is 0 Å². The fourth-order valence-electron chi connectivity index (χ4n) is 0. The summed E-state index contributed by atoms with van der Waals surface area (Å²) in [6, 6.07) is 0. The van der Waals surface area contributed by atoms with Crippen LogP contribution in [0.1, 0.15) is 0 Å². The van der Waals surface area contributed by atoms with Crippen LogP contribution in [0, 0.1) is 0 Å². The molecule has 0 aromatic rings. The van der Waals surface area contributed by atoms with Crippen LogP contribution in [0.15, 0.2) is 0 Å². The SMILES string of the molecule is CS[SH](=O)=O. The van der Waals surface area contributed by atoms with Crippen molar-refractivity contribution < 1.29 is 8.42 Å². The van der Waals surface area contributed by atoms with Gasteiger partial charge in [0, 0.05) is 0 Å². The van der Waals surface area contributed by atoms with Crippen LogP contribution in [0.2, 0.25) is 0 Å². The molecule has 0 unspecified atom stereocenters. The minimum Gasteiger partial charge on any atom is -0.221 e. The van der Waals surface area contributed by atoms with E-state index in [0.29, 0.717) is 0 Å². The first-order valence-electron chi connectivity index (χ1n) is 0.956. The molecule has 0 aliphatic carbocycles. The monoisotopic (exact) mass is 112 g/mol.